The van der Waals surface area contributed by atoms with E-state index in [4.69, 9.17) is 11.9 Å². The van der Waals surface area contributed by atoms with Gasteiger partial charge in [0, 0.05) is 0 Å². The van der Waals surface area contributed by atoms with Gasteiger partial charge in [-0.25, -0.2) is 0 Å². The maximum absolute atomic E-state index is 11.3. The summed E-state index contributed by atoms with van der Waals surface area (Å²) >= 11 is 5.09. The van der Waals surface area contributed by atoms with Crippen LogP contribution in [0, 0.1) is 0 Å². The van der Waals surface area contributed by atoms with Crippen molar-refractivity contribution in [1.29, 1.82) is 0 Å². The van der Waals surface area contributed by atoms with Gasteiger partial charge in [-0.3, -0.25) is 4.79 Å². The number of halogens is 1. The molecule has 3 rings (SSSR count). The highest BCUT2D eigenvalue weighted by atomic mass is 35.5. The Kier molecular flexibility index (Phi) is 2.80. The van der Waals surface area contributed by atoms with E-state index in [9.17, 15) is 4.79 Å². The molecule has 1 aliphatic carbocycles. The predicted molar refractivity (Wildman–Crippen MR) is 70.3 cm³/mol. The Morgan fingerprint density at radius 1 is 1.11 bits per heavy atom. The zero-order valence-corrected chi connectivity index (χ0v) is 10.4. The van der Waals surface area contributed by atoms with Gasteiger partial charge in [-0.05, 0) is 34.2 Å². The second kappa shape index (κ2) is 4.46. The molecule has 0 unspecified atom stereocenters. The highest BCUT2D eigenvalue weighted by Crippen LogP contribution is 2.38. The molecule has 0 saturated heterocycles. The first-order chi connectivity index (χ1) is 8.79. The standard InChI is InChI=1S/C15H11ClO2/c16-18-15(17)9-11-5-3-7-13-12-6-2-1-4-10(12)8-14(11)13/h1-7H,8-9H2. The van der Waals surface area contributed by atoms with E-state index >= 15 is 0 Å². The summed E-state index contributed by atoms with van der Waals surface area (Å²) in [5.41, 5.74) is 5.98. The predicted octanol–water partition coefficient (Wildman–Crippen LogP) is 3.50. The third-order valence-corrected chi connectivity index (χ3v) is 3.54. The molecule has 3 heteroatoms. The average Bonchev–Trinajstić information content (AvgIpc) is 2.78. The molecule has 0 spiro atoms. The van der Waals surface area contributed by atoms with Crippen LogP contribution in [0.1, 0.15) is 16.7 Å². The summed E-state index contributed by atoms with van der Waals surface area (Å²) in [5.74, 6) is -0.416. The SMILES string of the molecule is O=C(Cc1cccc2c1Cc1ccccc1-2)OCl. The fourth-order valence-electron chi connectivity index (χ4n) is 2.57. The van der Waals surface area contributed by atoms with Crippen LogP contribution in [0.3, 0.4) is 0 Å². The summed E-state index contributed by atoms with van der Waals surface area (Å²) in [6.45, 7) is 0. The van der Waals surface area contributed by atoms with Gasteiger partial charge in [0.05, 0.1) is 6.42 Å². The second-order valence-electron chi connectivity index (χ2n) is 4.40. The topological polar surface area (TPSA) is 26.3 Å². The van der Waals surface area contributed by atoms with E-state index in [0.29, 0.717) is 0 Å². The van der Waals surface area contributed by atoms with Gasteiger partial charge in [0.25, 0.3) is 0 Å². The van der Waals surface area contributed by atoms with Gasteiger partial charge >= 0.3 is 5.97 Å². The van der Waals surface area contributed by atoms with Crippen LogP contribution in [0.2, 0.25) is 0 Å². The van der Waals surface area contributed by atoms with E-state index in [1.54, 1.807) is 0 Å². The van der Waals surface area contributed by atoms with E-state index in [0.717, 1.165) is 12.0 Å². The fraction of sp³-hybridized carbons (Fsp3) is 0.133. The number of carbonyl (C=O) groups is 1. The fourth-order valence-corrected chi connectivity index (χ4v) is 2.63. The Bertz CT molecular complexity index is 620. The number of fused-ring (bicyclic) bond motifs is 3. The Hall–Kier alpha value is -1.80. The zero-order chi connectivity index (χ0) is 12.5. The summed E-state index contributed by atoms with van der Waals surface area (Å²) in [7, 11) is 0. The lowest BCUT2D eigenvalue weighted by Crippen LogP contribution is -2.04. The molecule has 0 saturated carbocycles. The molecule has 0 atom stereocenters. The van der Waals surface area contributed by atoms with Gasteiger partial charge in [-0.1, -0.05) is 42.5 Å². The van der Waals surface area contributed by atoms with Crippen molar-refractivity contribution < 1.29 is 9.08 Å². The molecular formula is C15H11ClO2. The Balaban J connectivity index is 2.06. The number of hydrogen-bond acceptors (Lipinski definition) is 2. The van der Waals surface area contributed by atoms with Crippen LogP contribution >= 0.6 is 11.9 Å². The first kappa shape index (κ1) is 11.3. The van der Waals surface area contributed by atoms with Crippen molar-refractivity contribution in [2.45, 2.75) is 12.8 Å². The summed E-state index contributed by atoms with van der Waals surface area (Å²) in [5, 5.41) is 0. The zero-order valence-electron chi connectivity index (χ0n) is 9.65. The molecule has 0 fully saturated rings. The van der Waals surface area contributed by atoms with Gasteiger partial charge in [0.1, 0.15) is 11.9 Å². The van der Waals surface area contributed by atoms with Gasteiger partial charge in [0.2, 0.25) is 0 Å². The second-order valence-corrected chi connectivity index (χ2v) is 4.56. The minimum absolute atomic E-state index is 0.223. The van der Waals surface area contributed by atoms with Gasteiger partial charge in [-0.15, -0.1) is 0 Å². The van der Waals surface area contributed by atoms with Crippen LogP contribution < -0.4 is 0 Å². The lowest BCUT2D eigenvalue weighted by atomic mass is 9.99. The molecular weight excluding hydrogens is 248 g/mol. The highest BCUT2D eigenvalue weighted by Gasteiger charge is 2.21. The van der Waals surface area contributed by atoms with E-state index in [2.05, 4.69) is 22.5 Å². The van der Waals surface area contributed by atoms with Crippen molar-refractivity contribution in [2.75, 3.05) is 0 Å². The number of benzene rings is 2. The number of hydrogen-bond donors (Lipinski definition) is 0. The first-order valence-electron chi connectivity index (χ1n) is 5.80. The average molecular weight is 259 g/mol. The molecule has 0 amide bonds. The third-order valence-electron chi connectivity index (χ3n) is 3.37. The van der Waals surface area contributed by atoms with E-state index < -0.39 is 5.97 Å². The highest BCUT2D eigenvalue weighted by molar-refractivity contribution is 6.13. The van der Waals surface area contributed by atoms with Crippen LogP contribution in [0.4, 0.5) is 0 Å². The van der Waals surface area contributed by atoms with Crippen molar-refractivity contribution in [1.82, 2.24) is 0 Å². The molecule has 0 aliphatic heterocycles. The molecule has 0 N–H and O–H groups in total. The summed E-state index contributed by atoms with van der Waals surface area (Å²) < 4.78 is 4.22. The van der Waals surface area contributed by atoms with Crippen molar-refractivity contribution in [3.8, 4) is 11.1 Å². The lowest BCUT2D eigenvalue weighted by Gasteiger charge is -2.06. The molecule has 0 bridgehead atoms. The van der Waals surface area contributed by atoms with Crippen LogP contribution in [0.15, 0.2) is 42.5 Å². The van der Waals surface area contributed by atoms with Crippen molar-refractivity contribution >= 4 is 17.8 Å². The Morgan fingerprint density at radius 3 is 2.72 bits per heavy atom. The van der Waals surface area contributed by atoms with Crippen LogP contribution in [0.5, 0.6) is 0 Å². The largest absolute Gasteiger partial charge is 0.347 e. The van der Waals surface area contributed by atoms with Gasteiger partial charge in [-0.2, -0.15) is 0 Å². The molecule has 0 aromatic heterocycles. The number of carbonyl (C=O) groups excluding carboxylic acids is 1. The monoisotopic (exact) mass is 258 g/mol. The van der Waals surface area contributed by atoms with Crippen molar-refractivity contribution in [3.05, 3.63) is 59.2 Å². The number of rotatable bonds is 2. The van der Waals surface area contributed by atoms with Crippen LogP contribution in [-0.2, 0) is 21.9 Å². The maximum atomic E-state index is 11.3. The minimum Gasteiger partial charge on any atom is -0.347 e. The van der Waals surface area contributed by atoms with Gasteiger partial charge < -0.3 is 4.29 Å². The molecule has 2 aromatic carbocycles. The summed E-state index contributed by atoms with van der Waals surface area (Å²) in [6.07, 6.45) is 1.10. The Morgan fingerprint density at radius 2 is 1.89 bits per heavy atom. The molecule has 2 nitrogen and oxygen atoms in total. The summed E-state index contributed by atoms with van der Waals surface area (Å²) in [6, 6.07) is 14.3. The van der Waals surface area contributed by atoms with Crippen LogP contribution in [0.25, 0.3) is 11.1 Å². The van der Waals surface area contributed by atoms with E-state index in [-0.39, 0.29) is 6.42 Å². The third kappa shape index (κ3) is 1.79. The molecule has 0 radical (unpaired) electrons. The van der Waals surface area contributed by atoms with Crippen molar-refractivity contribution in [2.24, 2.45) is 0 Å². The first-order valence-corrected chi connectivity index (χ1v) is 6.11. The normalized spacial score (nSPS) is 11.8. The molecule has 90 valence electrons. The summed E-state index contributed by atoms with van der Waals surface area (Å²) in [4.78, 5) is 11.3. The minimum atomic E-state index is -0.416. The molecule has 1 aliphatic rings. The van der Waals surface area contributed by atoms with Crippen LogP contribution in [-0.4, -0.2) is 5.97 Å². The van der Waals surface area contributed by atoms with E-state index in [1.165, 1.54) is 22.3 Å². The molecule has 2 aromatic rings. The maximum Gasteiger partial charge on any atom is 0.329 e. The Labute approximate surface area is 110 Å². The molecule has 0 heterocycles. The van der Waals surface area contributed by atoms with Crippen molar-refractivity contribution in [3.63, 3.8) is 0 Å². The molecule has 18 heavy (non-hydrogen) atoms. The quantitative estimate of drug-likeness (QED) is 0.703. The smallest absolute Gasteiger partial charge is 0.329 e. The van der Waals surface area contributed by atoms with Gasteiger partial charge in [0.15, 0.2) is 0 Å². The van der Waals surface area contributed by atoms with E-state index in [1.807, 2.05) is 24.3 Å². The lowest BCUT2D eigenvalue weighted by molar-refractivity contribution is -0.133.